The van der Waals surface area contributed by atoms with E-state index >= 15 is 0 Å². The van der Waals surface area contributed by atoms with Gasteiger partial charge < -0.3 is 14.8 Å². The Balaban J connectivity index is 1.63. The molecule has 0 radical (unpaired) electrons. The predicted octanol–water partition coefficient (Wildman–Crippen LogP) is 4.45. The molecule has 7 nitrogen and oxygen atoms in total. The number of nitrogens with zero attached hydrogens (tertiary/aromatic N) is 1. The van der Waals surface area contributed by atoms with Crippen LogP contribution >= 0.6 is 0 Å². The van der Waals surface area contributed by atoms with Gasteiger partial charge in [0.25, 0.3) is 10.0 Å². The maximum absolute atomic E-state index is 13.6. The number of halogens is 1. The topological polar surface area (TPSA) is 84.9 Å². The van der Waals surface area contributed by atoms with Crippen molar-refractivity contribution in [2.75, 3.05) is 18.0 Å². The minimum Gasteiger partial charge on any atom is -0.497 e. The fourth-order valence-corrected chi connectivity index (χ4v) is 5.52. The van der Waals surface area contributed by atoms with Gasteiger partial charge >= 0.3 is 0 Å². The van der Waals surface area contributed by atoms with Crippen molar-refractivity contribution in [1.29, 1.82) is 0 Å². The average molecular weight is 499 g/mol. The van der Waals surface area contributed by atoms with E-state index in [9.17, 15) is 17.6 Å². The number of hydrogen-bond donors (Lipinski definition) is 1. The van der Waals surface area contributed by atoms with E-state index in [0.717, 1.165) is 22.0 Å². The van der Waals surface area contributed by atoms with Crippen LogP contribution in [0.5, 0.6) is 11.5 Å². The van der Waals surface area contributed by atoms with Crippen LogP contribution in [0.1, 0.15) is 31.9 Å². The number of anilines is 1. The average Bonchev–Trinajstić information content (AvgIpc) is 2.82. The molecule has 1 atom stereocenters. The molecule has 3 aromatic rings. The van der Waals surface area contributed by atoms with E-state index < -0.39 is 33.9 Å². The Morgan fingerprint density at radius 2 is 1.74 bits per heavy atom. The van der Waals surface area contributed by atoms with Gasteiger partial charge in [-0.15, -0.1) is 0 Å². The van der Waals surface area contributed by atoms with Crippen molar-refractivity contribution < 1.29 is 27.1 Å². The molecule has 0 fully saturated rings. The van der Waals surface area contributed by atoms with E-state index in [0.29, 0.717) is 17.9 Å². The number of amides is 1. The highest BCUT2D eigenvalue weighted by atomic mass is 32.2. The number of methoxy groups -OCH3 is 1. The number of sulfonamides is 1. The zero-order valence-corrected chi connectivity index (χ0v) is 20.5. The van der Waals surface area contributed by atoms with Crippen molar-refractivity contribution in [2.24, 2.45) is 0 Å². The Morgan fingerprint density at radius 1 is 1.09 bits per heavy atom. The third-order valence-electron chi connectivity index (χ3n) is 5.76. The van der Waals surface area contributed by atoms with Crippen LogP contribution in [0, 0.1) is 5.82 Å². The van der Waals surface area contributed by atoms with Gasteiger partial charge in [-0.05, 0) is 68.4 Å². The standard InChI is InChI=1S/C26H27FN2O5S/c1-26(2)16-23(22-6-4-5-7-24(22)34-26)28-25(30)17-29(19-10-8-18(27)9-11-19)35(31,32)21-14-12-20(33-3)13-15-21/h4-15,23H,16-17H2,1-3H3,(H,28,30). The van der Waals surface area contributed by atoms with Crippen molar-refractivity contribution in [3.8, 4) is 11.5 Å². The lowest BCUT2D eigenvalue weighted by atomic mass is 9.89. The van der Waals surface area contributed by atoms with Crippen LogP contribution in [-0.4, -0.2) is 33.6 Å². The maximum Gasteiger partial charge on any atom is 0.264 e. The van der Waals surface area contributed by atoms with Crippen LogP contribution in [0.4, 0.5) is 10.1 Å². The fourth-order valence-electron chi connectivity index (χ4n) is 4.10. The highest BCUT2D eigenvalue weighted by Crippen LogP contribution is 2.39. The van der Waals surface area contributed by atoms with Crippen LogP contribution in [0.2, 0.25) is 0 Å². The Kier molecular flexibility index (Phi) is 6.71. The van der Waals surface area contributed by atoms with Gasteiger partial charge in [-0.2, -0.15) is 0 Å². The van der Waals surface area contributed by atoms with Crippen LogP contribution in [0.15, 0.2) is 77.7 Å². The number of ether oxygens (including phenoxy) is 2. The fraction of sp³-hybridized carbons (Fsp3) is 0.269. The quantitative estimate of drug-likeness (QED) is 0.520. The minimum atomic E-state index is -4.14. The van der Waals surface area contributed by atoms with Gasteiger partial charge in [0.15, 0.2) is 0 Å². The summed E-state index contributed by atoms with van der Waals surface area (Å²) >= 11 is 0. The first-order valence-corrected chi connectivity index (χ1v) is 12.5. The largest absolute Gasteiger partial charge is 0.497 e. The molecule has 4 rings (SSSR count). The maximum atomic E-state index is 13.6. The molecular weight excluding hydrogens is 471 g/mol. The van der Waals surface area contributed by atoms with Crippen molar-refractivity contribution in [1.82, 2.24) is 5.32 Å². The van der Waals surface area contributed by atoms with Crippen LogP contribution in [0.25, 0.3) is 0 Å². The molecule has 3 aromatic carbocycles. The lowest BCUT2D eigenvalue weighted by molar-refractivity contribution is -0.120. The lowest BCUT2D eigenvalue weighted by Gasteiger charge is -2.38. The molecule has 0 saturated carbocycles. The van der Waals surface area contributed by atoms with Crippen molar-refractivity contribution in [3.63, 3.8) is 0 Å². The first-order chi connectivity index (χ1) is 16.6. The van der Waals surface area contributed by atoms with E-state index in [4.69, 9.17) is 9.47 Å². The van der Waals surface area contributed by atoms with Crippen LogP contribution in [0.3, 0.4) is 0 Å². The minimum absolute atomic E-state index is 0.0204. The SMILES string of the molecule is COc1ccc(S(=O)(=O)N(CC(=O)NC2CC(C)(C)Oc3ccccc32)c2ccc(F)cc2)cc1. The molecule has 1 aliphatic rings. The highest BCUT2D eigenvalue weighted by molar-refractivity contribution is 7.92. The van der Waals surface area contributed by atoms with Gasteiger partial charge in [0.2, 0.25) is 5.91 Å². The normalized spacial score (nSPS) is 16.5. The second-order valence-corrected chi connectivity index (χ2v) is 10.7. The summed E-state index contributed by atoms with van der Waals surface area (Å²) in [6.07, 6.45) is 0.511. The molecule has 0 aliphatic carbocycles. The smallest absolute Gasteiger partial charge is 0.264 e. The molecule has 1 amide bonds. The van der Waals surface area contributed by atoms with Gasteiger partial charge in [-0.1, -0.05) is 18.2 Å². The second kappa shape index (κ2) is 9.58. The molecule has 0 spiro atoms. The molecule has 0 aromatic heterocycles. The van der Waals surface area contributed by atoms with Crippen molar-refractivity contribution in [2.45, 2.75) is 36.8 Å². The van der Waals surface area contributed by atoms with E-state index in [-0.39, 0.29) is 16.6 Å². The molecular formula is C26H27FN2O5S. The number of hydrogen-bond acceptors (Lipinski definition) is 5. The summed E-state index contributed by atoms with van der Waals surface area (Å²) in [6, 6.07) is 17.9. The van der Waals surface area contributed by atoms with Gasteiger partial charge in [0.05, 0.1) is 23.7 Å². The lowest BCUT2D eigenvalue weighted by Crippen LogP contribution is -2.45. The first-order valence-electron chi connectivity index (χ1n) is 11.1. The van der Waals surface area contributed by atoms with Crippen LogP contribution < -0.4 is 19.1 Å². The van der Waals surface area contributed by atoms with Gasteiger partial charge in [0.1, 0.15) is 29.5 Å². The van der Waals surface area contributed by atoms with Gasteiger partial charge in [-0.3, -0.25) is 9.10 Å². The van der Waals surface area contributed by atoms with Crippen molar-refractivity contribution in [3.05, 3.63) is 84.2 Å². The number of carbonyl (C=O) groups is 1. The number of carbonyl (C=O) groups excluding carboxylic acids is 1. The third kappa shape index (κ3) is 5.40. The Hall–Kier alpha value is -3.59. The number of nitrogens with one attached hydrogen (secondary N) is 1. The van der Waals surface area contributed by atoms with Gasteiger partial charge in [0, 0.05) is 12.0 Å². The van der Waals surface area contributed by atoms with E-state index in [1.54, 1.807) is 0 Å². The summed E-state index contributed by atoms with van der Waals surface area (Å²) < 4.78 is 52.7. The van der Waals surface area contributed by atoms with Crippen molar-refractivity contribution >= 4 is 21.6 Å². The summed E-state index contributed by atoms with van der Waals surface area (Å²) in [6.45, 7) is 3.38. The highest BCUT2D eigenvalue weighted by Gasteiger charge is 2.35. The van der Waals surface area contributed by atoms with Gasteiger partial charge in [-0.25, -0.2) is 12.8 Å². The first kappa shape index (κ1) is 24.5. The van der Waals surface area contributed by atoms with E-state index in [1.165, 1.54) is 43.5 Å². The van der Waals surface area contributed by atoms with Crippen LogP contribution in [-0.2, 0) is 14.8 Å². The van der Waals surface area contributed by atoms with E-state index in [1.807, 2.05) is 38.1 Å². The number of benzene rings is 3. The number of para-hydroxylation sites is 1. The number of rotatable bonds is 7. The summed E-state index contributed by atoms with van der Waals surface area (Å²) in [5.41, 5.74) is 0.481. The molecule has 35 heavy (non-hydrogen) atoms. The molecule has 0 bridgehead atoms. The zero-order valence-electron chi connectivity index (χ0n) is 19.7. The zero-order chi connectivity index (χ0) is 25.2. The Labute approximate surface area is 204 Å². The molecule has 184 valence electrons. The summed E-state index contributed by atoms with van der Waals surface area (Å²) in [4.78, 5) is 13.2. The molecule has 1 N–H and O–H groups in total. The molecule has 0 saturated heterocycles. The second-order valence-electron chi connectivity index (χ2n) is 8.89. The third-order valence-corrected chi connectivity index (χ3v) is 7.55. The predicted molar refractivity (Wildman–Crippen MR) is 131 cm³/mol. The summed E-state index contributed by atoms with van der Waals surface area (Å²) in [5.74, 6) is 0.163. The molecule has 9 heteroatoms. The summed E-state index contributed by atoms with van der Waals surface area (Å²) in [7, 11) is -2.66. The van der Waals surface area contributed by atoms with E-state index in [2.05, 4.69) is 5.32 Å². The molecule has 1 unspecified atom stereocenters. The summed E-state index contributed by atoms with van der Waals surface area (Å²) in [5, 5.41) is 2.96. The molecule has 1 heterocycles. The molecule has 1 aliphatic heterocycles. The number of fused-ring (bicyclic) bond motifs is 1. The Morgan fingerprint density at radius 3 is 2.40 bits per heavy atom. The Bertz CT molecular complexity index is 1310. The monoisotopic (exact) mass is 498 g/mol.